The number of sulfone groups is 1. The van der Waals surface area contributed by atoms with E-state index in [9.17, 15) is 13.6 Å². The Kier molecular flexibility index (Phi) is 4.56. The molecule has 0 radical (unpaired) electrons. The van der Waals surface area contributed by atoms with Crippen LogP contribution in [-0.2, 0) is 9.84 Å². The average molecular weight is 319 g/mol. The van der Waals surface area contributed by atoms with Crippen LogP contribution in [0.4, 0.5) is 0 Å². The third-order valence-electron chi connectivity index (χ3n) is 3.90. The topological polar surface area (TPSA) is 61.1 Å². The molecule has 1 aromatic heterocycles. The minimum Gasteiger partial charge on any atom is -0.618 e. The zero-order valence-electron chi connectivity index (χ0n) is 13.3. The van der Waals surface area contributed by atoms with Gasteiger partial charge in [0.25, 0.3) is 0 Å². The molecule has 1 atom stereocenters. The quantitative estimate of drug-likeness (QED) is 0.642. The summed E-state index contributed by atoms with van der Waals surface area (Å²) in [6, 6.07) is 8.98. The van der Waals surface area contributed by atoms with E-state index in [4.69, 9.17) is 0 Å². The lowest BCUT2D eigenvalue weighted by Gasteiger charge is -2.19. The largest absolute Gasteiger partial charge is 0.618 e. The Morgan fingerprint density at radius 2 is 1.82 bits per heavy atom. The first kappa shape index (κ1) is 16.5. The standard InChI is InChI=1S/C17H21NO3S/c1-5-16(15-11-12(2)8-9-13(15)3)22(20,21)17-14(4)7-6-10-18(17)19/h6-11,16H,5H2,1-4H3. The molecule has 2 aromatic rings. The van der Waals surface area contributed by atoms with Crippen molar-refractivity contribution in [3.63, 3.8) is 0 Å². The second kappa shape index (κ2) is 6.08. The molecule has 0 saturated carbocycles. The predicted octanol–water partition coefficient (Wildman–Crippen LogP) is 3.17. The number of nitrogens with zero attached hydrogens (tertiary/aromatic N) is 1. The highest BCUT2D eigenvalue weighted by atomic mass is 32.2. The van der Waals surface area contributed by atoms with Crippen molar-refractivity contribution in [1.29, 1.82) is 0 Å². The molecule has 0 fully saturated rings. The predicted molar refractivity (Wildman–Crippen MR) is 86.3 cm³/mol. The molecule has 1 heterocycles. The molecule has 0 bridgehead atoms. The van der Waals surface area contributed by atoms with E-state index >= 15 is 0 Å². The monoisotopic (exact) mass is 319 g/mol. The summed E-state index contributed by atoms with van der Waals surface area (Å²) in [6.07, 6.45) is 1.65. The van der Waals surface area contributed by atoms with Gasteiger partial charge < -0.3 is 5.21 Å². The summed E-state index contributed by atoms with van der Waals surface area (Å²) in [5.41, 5.74) is 3.17. The third-order valence-corrected chi connectivity index (χ3v) is 6.28. The first-order valence-electron chi connectivity index (χ1n) is 7.28. The zero-order valence-corrected chi connectivity index (χ0v) is 14.1. The second-order valence-corrected chi connectivity index (χ2v) is 7.67. The van der Waals surface area contributed by atoms with Gasteiger partial charge in [-0.1, -0.05) is 30.7 Å². The van der Waals surface area contributed by atoms with Crippen LogP contribution in [0.15, 0.2) is 41.6 Å². The molecule has 4 nitrogen and oxygen atoms in total. The lowest BCUT2D eigenvalue weighted by atomic mass is 10.0. The fourth-order valence-corrected chi connectivity index (χ4v) is 4.90. The molecule has 2 rings (SSSR count). The molecule has 1 aromatic carbocycles. The summed E-state index contributed by atoms with van der Waals surface area (Å²) < 4.78 is 26.6. The third kappa shape index (κ3) is 2.86. The Balaban J connectivity index is 2.67. The van der Waals surface area contributed by atoms with Gasteiger partial charge in [0, 0.05) is 11.6 Å². The average Bonchev–Trinajstić information content (AvgIpc) is 2.42. The van der Waals surface area contributed by atoms with E-state index < -0.39 is 15.1 Å². The number of aryl methyl sites for hydroxylation is 3. The Morgan fingerprint density at radius 3 is 2.41 bits per heavy atom. The summed E-state index contributed by atoms with van der Waals surface area (Å²) in [4.78, 5) is 0. The van der Waals surface area contributed by atoms with Crippen LogP contribution in [0.5, 0.6) is 0 Å². The minimum absolute atomic E-state index is 0.150. The molecular weight excluding hydrogens is 298 g/mol. The SMILES string of the molecule is CCC(c1cc(C)ccc1C)S(=O)(=O)c1c(C)ccc[n+]1[O-]. The van der Waals surface area contributed by atoms with E-state index in [0.29, 0.717) is 16.7 Å². The van der Waals surface area contributed by atoms with Crippen LogP contribution in [-0.4, -0.2) is 8.42 Å². The van der Waals surface area contributed by atoms with Gasteiger partial charge in [0.1, 0.15) is 0 Å². The number of hydrogen-bond donors (Lipinski definition) is 0. The fourth-order valence-electron chi connectivity index (χ4n) is 2.78. The Hall–Kier alpha value is -1.88. The van der Waals surface area contributed by atoms with E-state index in [1.54, 1.807) is 19.1 Å². The van der Waals surface area contributed by atoms with Crippen molar-refractivity contribution in [2.45, 2.75) is 44.4 Å². The van der Waals surface area contributed by atoms with Gasteiger partial charge in [-0.3, -0.25) is 0 Å². The Morgan fingerprint density at radius 1 is 1.14 bits per heavy atom. The molecule has 22 heavy (non-hydrogen) atoms. The minimum atomic E-state index is -3.75. The highest BCUT2D eigenvalue weighted by molar-refractivity contribution is 7.91. The van der Waals surface area contributed by atoms with Crippen LogP contribution in [0.3, 0.4) is 0 Å². The maximum atomic E-state index is 13.0. The Bertz CT molecular complexity index is 777. The summed E-state index contributed by atoms with van der Waals surface area (Å²) in [7, 11) is -3.75. The van der Waals surface area contributed by atoms with Crippen LogP contribution in [0.2, 0.25) is 0 Å². The molecule has 118 valence electrons. The molecule has 0 aliphatic heterocycles. The van der Waals surface area contributed by atoms with Gasteiger partial charge in [-0.05, 0) is 44.4 Å². The molecule has 0 amide bonds. The van der Waals surface area contributed by atoms with Gasteiger partial charge in [0.2, 0.25) is 9.84 Å². The smallest absolute Gasteiger partial charge is 0.312 e. The molecule has 0 N–H and O–H groups in total. The van der Waals surface area contributed by atoms with E-state index in [1.807, 2.05) is 39.0 Å². The lowest BCUT2D eigenvalue weighted by Crippen LogP contribution is -2.36. The summed E-state index contributed by atoms with van der Waals surface area (Å²) in [6.45, 7) is 7.31. The molecular formula is C17H21NO3S. The molecule has 0 saturated heterocycles. The highest BCUT2D eigenvalue weighted by Crippen LogP contribution is 2.33. The van der Waals surface area contributed by atoms with Gasteiger partial charge >= 0.3 is 5.03 Å². The van der Waals surface area contributed by atoms with Gasteiger partial charge in [-0.2, -0.15) is 4.73 Å². The van der Waals surface area contributed by atoms with E-state index in [1.165, 1.54) is 6.20 Å². The van der Waals surface area contributed by atoms with Crippen LogP contribution >= 0.6 is 0 Å². The molecule has 0 aliphatic carbocycles. The van der Waals surface area contributed by atoms with Gasteiger partial charge in [0.15, 0.2) is 6.20 Å². The first-order chi connectivity index (χ1) is 10.3. The van der Waals surface area contributed by atoms with E-state index in [0.717, 1.165) is 16.7 Å². The van der Waals surface area contributed by atoms with Crippen molar-refractivity contribution in [3.05, 3.63) is 64.0 Å². The maximum Gasteiger partial charge on any atom is 0.312 e. The van der Waals surface area contributed by atoms with Crippen molar-refractivity contribution < 1.29 is 13.1 Å². The summed E-state index contributed by atoms with van der Waals surface area (Å²) in [5.74, 6) is 0. The summed E-state index contributed by atoms with van der Waals surface area (Å²) in [5, 5.41) is 11.2. The number of pyridine rings is 1. The van der Waals surface area contributed by atoms with Gasteiger partial charge in [-0.15, -0.1) is 0 Å². The number of aromatic nitrogens is 1. The Labute approximate surface area is 131 Å². The van der Waals surface area contributed by atoms with Crippen molar-refractivity contribution in [1.82, 2.24) is 0 Å². The normalized spacial score (nSPS) is 13.1. The van der Waals surface area contributed by atoms with Crippen LogP contribution in [0.25, 0.3) is 0 Å². The zero-order chi connectivity index (χ0) is 16.5. The molecule has 5 heteroatoms. The number of benzene rings is 1. The maximum absolute atomic E-state index is 13.0. The summed E-state index contributed by atoms with van der Waals surface area (Å²) >= 11 is 0. The van der Waals surface area contributed by atoms with E-state index in [2.05, 4.69) is 0 Å². The second-order valence-electron chi connectivity index (χ2n) is 5.62. The lowest BCUT2D eigenvalue weighted by molar-refractivity contribution is -0.647. The van der Waals surface area contributed by atoms with Crippen molar-refractivity contribution in [2.75, 3.05) is 0 Å². The molecule has 1 unspecified atom stereocenters. The van der Waals surface area contributed by atoms with Crippen molar-refractivity contribution in [3.8, 4) is 0 Å². The number of rotatable bonds is 4. The van der Waals surface area contributed by atoms with Gasteiger partial charge in [0.05, 0.1) is 5.25 Å². The van der Waals surface area contributed by atoms with Crippen molar-refractivity contribution >= 4 is 9.84 Å². The van der Waals surface area contributed by atoms with Crippen molar-refractivity contribution in [2.24, 2.45) is 0 Å². The van der Waals surface area contributed by atoms with Gasteiger partial charge in [-0.25, -0.2) is 8.42 Å². The number of hydrogen-bond acceptors (Lipinski definition) is 3. The van der Waals surface area contributed by atoms with Crippen LogP contribution in [0, 0.1) is 26.0 Å². The highest BCUT2D eigenvalue weighted by Gasteiger charge is 2.36. The molecule has 0 aliphatic rings. The fraction of sp³-hybridized carbons (Fsp3) is 0.353. The van der Waals surface area contributed by atoms with Crippen LogP contribution < -0.4 is 4.73 Å². The van der Waals surface area contributed by atoms with Crippen LogP contribution in [0.1, 0.15) is 40.8 Å². The molecule has 0 spiro atoms. The first-order valence-corrected chi connectivity index (χ1v) is 8.83. The van der Waals surface area contributed by atoms with E-state index in [-0.39, 0.29) is 5.03 Å².